The Bertz CT molecular complexity index is 763. The molecule has 0 radical (unpaired) electrons. The molecule has 6 heteroatoms. The molecule has 4 nitrogen and oxygen atoms in total. The molecule has 1 atom stereocenters. The van der Waals surface area contributed by atoms with Crippen molar-refractivity contribution in [3.63, 3.8) is 0 Å². The lowest BCUT2D eigenvalue weighted by Gasteiger charge is -2.32. The quantitative estimate of drug-likeness (QED) is 0.834. The van der Waals surface area contributed by atoms with Crippen LogP contribution in [0.2, 0.25) is 0 Å². The fourth-order valence-electron chi connectivity index (χ4n) is 2.78. The number of benzene rings is 2. The van der Waals surface area contributed by atoms with E-state index in [9.17, 15) is 12.8 Å². The lowest BCUT2D eigenvalue weighted by atomic mass is 10.1. The summed E-state index contributed by atoms with van der Waals surface area (Å²) in [5, 5.41) is 0. The largest absolute Gasteiger partial charge is 0.371 e. The highest BCUT2D eigenvalue weighted by atomic mass is 32.2. The minimum atomic E-state index is -3.35. The molecule has 0 amide bonds. The molecule has 24 heavy (non-hydrogen) atoms. The SMILES string of the molecule is O=S(=O)(CCc1ccccc1)N1CCOC(c2ccc(F)cc2)C1. The van der Waals surface area contributed by atoms with Gasteiger partial charge in [0.25, 0.3) is 0 Å². The smallest absolute Gasteiger partial charge is 0.214 e. The molecule has 0 saturated carbocycles. The third kappa shape index (κ3) is 4.20. The molecule has 3 rings (SSSR count). The molecular formula is C18H20FNO3S. The fourth-order valence-corrected chi connectivity index (χ4v) is 4.25. The van der Waals surface area contributed by atoms with E-state index in [2.05, 4.69) is 0 Å². The van der Waals surface area contributed by atoms with Crippen LogP contribution in [0.15, 0.2) is 54.6 Å². The average Bonchev–Trinajstić information content (AvgIpc) is 2.62. The van der Waals surface area contributed by atoms with Gasteiger partial charge in [-0.05, 0) is 29.7 Å². The molecule has 0 N–H and O–H groups in total. The van der Waals surface area contributed by atoms with Crippen LogP contribution in [0.1, 0.15) is 17.2 Å². The van der Waals surface area contributed by atoms with Crippen molar-refractivity contribution in [1.29, 1.82) is 0 Å². The number of rotatable bonds is 5. The summed E-state index contributed by atoms with van der Waals surface area (Å²) in [4.78, 5) is 0. The van der Waals surface area contributed by atoms with Crippen LogP contribution in [0.3, 0.4) is 0 Å². The van der Waals surface area contributed by atoms with Gasteiger partial charge < -0.3 is 4.74 Å². The maximum absolute atomic E-state index is 13.0. The van der Waals surface area contributed by atoms with Gasteiger partial charge in [-0.3, -0.25) is 0 Å². The summed E-state index contributed by atoms with van der Waals surface area (Å²) in [7, 11) is -3.35. The number of hydrogen-bond donors (Lipinski definition) is 0. The second kappa shape index (κ2) is 7.42. The van der Waals surface area contributed by atoms with Gasteiger partial charge in [-0.25, -0.2) is 12.8 Å². The van der Waals surface area contributed by atoms with Gasteiger partial charge >= 0.3 is 0 Å². The van der Waals surface area contributed by atoms with Crippen LogP contribution < -0.4 is 0 Å². The molecule has 0 bridgehead atoms. The van der Waals surface area contributed by atoms with Crippen molar-refractivity contribution in [2.45, 2.75) is 12.5 Å². The lowest BCUT2D eigenvalue weighted by Crippen LogP contribution is -2.43. The van der Waals surface area contributed by atoms with E-state index in [1.165, 1.54) is 16.4 Å². The predicted molar refractivity (Wildman–Crippen MR) is 90.6 cm³/mol. The molecular weight excluding hydrogens is 329 g/mol. The molecule has 0 aliphatic carbocycles. The van der Waals surface area contributed by atoms with E-state index >= 15 is 0 Å². The Morgan fingerprint density at radius 1 is 1.08 bits per heavy atom. The zero-order valence-corrected chi connectivity index (χ0v) is 14.1. The molecule has 1 heterocycles. The molecule has 1 aliphatic rings. The normalized spacial score (nSPS) is 19.3. The number of hydrogen-bond acceptors (Lipinski definition) is 3. The van der Waals surface area contributed by atoms with E-state index in [4.69, 9.17) is 4.74 Å². The van der Waals surface area contributed by atoms with Gasteiger partial charge in [0.05, 0.1) is 18.5 Å². The van der Waals surface area contributed by atoms with Gasteiger partial charge in [0, 0.05) is 13.1 Å². The Balaban J connectivity index is 1.65. The molecule has 2 aromatic carbocycles. The minimum absolute atomic E-state index is 0.0765. The topological polar surface area (TPSA) is 46.6 Å². The molecule has 128 valence electrons. The standard InChI is InChI=1S/C18H20FNO3S/c19-17-8-6-16(7-9-17)18-14-20(11-12-23-18)24(21,22)13-10-15-4-2-1-3-5-15/h1-9,18H,10-14H2. The van der Waals surface area contributed by atoms with Crippen LogP contribution in [-0.2, 0) is 21.2 Å². The van der Waals surface area contributed by atoms with Crippen LogP contribution in [0.4, 0.5) is 4.39 Å². The average molecular weight is 349 g/mol. The van der Waals surface area contributed by atoms with Crippen LogP contribution in [0.25, 0.3) is 0 Å². The first kappa shape index (κ1) is 17.1. The number of aryl methyl sites for hydroxylation is 1. The number of sulfonamides is 1. The summed E-state index contributed by atoms with van der Waals surface area (Å²) in [6, 6.07) is 15.6. The van der Waals surface area contributed by atoms with E-state index in [0.717, 1.165) is 11.1 Å². The van der Waals surface area contributed by atoms with Crippen LogP contribution in [-0.4, -0.2) is 38.2 Å². The maximum atomic E-state index is 13.0. The molecule has 2 aromatic rings. The summed E-state index contributed by atoms with van der Waals surface area (Å²) < 4.78 is 45.4. The molecule has 0 spiro atoms. The molecule has 1 fully saturated rings. The van der Waals surface area contributed by atoms with E-state index in [0.29, 0.717) is 19.6 Å². The summed E-state index contributed by atoms with van der Waals surface area (Å²) in [6.07, 6.45) is 0.132. The first-order valence-corrected chi connectivity index (χ1v) is 9.54. The Kier molecular flexibility index (Phi) is 5.28. The van der Waals surface area contributed by atoms with Crippen molar-refractivity contribution < 1.29 is 17.5 Å². The van der Waals surface area contributed by atoms with Crippen molar-refractivity contribution in [2.24, 2.45) is 0 Å². The van der Waals surface area contributed by atoms with Crippen molar-refractivity contribution >= 4 is 10.0 Å². The second-order valence-corrected chi connectivity index (χ2v) is 7.91. The van der Waals surface area contributed by atoms with Gasteiger partial charge in [0.15, 0.2) is 0 Å². The number of morpholine rings is 1. The van der Waals surface area contributed by atoms with E-state index < -0.39 is 10.0 Å². The monoisotopic (exact) mass is 349 g/mol. The molecule has 1 aliphatic heterocycles. The summed E-state index contributed by atoms with van der Waals surface area (Å²) in [5.41, 5.74) is 1.80. The second-order valence-electron chi connectivity index (χ2n) is 5.82. The fraction of sp³-hybridized carbons (Fsp3) is 0.333. The third-order valence-corrected chi connectivity index (χ3v) is 5.99. The van der Waals surface area contributed by atoms with Crippen molar-refractivity contribution in [3.8, 4) is 0 Å². The number of nitrogens with zero attached hydrogens (tertiary/aromatic N) is 1. The Morgan fingerprint density at radius 2 is 1.79 bits per heavy atom. The Labute approximate surface area is 141 Å². The summed E-state index contributed by atoms with van der Waals surface area (Å²) in [5.74, 6) is -0.241. The van der Waals surface area contributed by atoms with Crippen molar-refractivity contribution in [1.82, 2.24) is 4.31 Å². The van der Waals surface area contributed by atoms with Gasteiger partial charge in [-0.15, -0.1) is 0 Å². The number of halogens is 1. The van der Waals surface area contributed by atoms with Crippen LogP contribution in [0.5, 0.6) is 0 Å². The van der Waals surface area contributed by atoms with Crippen molar-refractivity contribution in [3.05, 3.63) is 71.5 Å². The van der Waals surface area contributed by atoms with Gasteiger partial charge in [-0.1, -0.05) is 42.5 Å². The first-order chi connectivity index (χ1) is 11.5. The highest BCUT2D eigenvalue weighted by Gasteiger charge is 2.30. The minimum Gasteiger partial charge on any atom is -0.371 e. The Hall–Kier alpha value is -1.76. The highest BCUT2D eigenvalue weighted by Crippen LogP contribution is 2.24. The van der Waals surface area contributed by atoms with Crippen molar-refractivity contribution in [2.75, 3.05) is 25.4 Å². The lowest BCUT2D eigenvalue weighted by molar-refractivity contribution is -0.00256. The van der Waals surface area contributed by atoms with E-state index in [-0.39, 0.29) is 24.2 Å². The molecule has 1 saturated heterocycles. The maximum Gasteiger partial charge on any atom is 0.214 e. The zero-order chi connectivity index (χ0) is 17.0. The number of ether oxygens (including phenoxy) is 1. The van der Waals surface area contributed by atoms with Gasteiger partial charge in [0.1, 0.15) is 5.82 Å². The molecule has 1 unspecified atom stereocenters. The van der Waals surface area contributed by atoms with Crippen LogP contribution >= 0.6 is 0 Å². The predicted octanol–water partition coefficient (Wildman–Crippen LogP) is 2.77. The van der Waals surface area contributed by atoms with E-state index in [1.807, 2.05) is 30.3 Å². The zero-order valence-electron chi connectivity index (χ0n) is 13.3. The van der Waals surface area contributed by atoms with E-state index in [1.54, 1.807) is 12.1 Å². The summed E-state index contributed by atoms with van der Waals surface area (Å²) in [6.45, 7) is 0.962. The van der Waals surface area contributed by atoms with Gasteiger partial charge in [0.2, 0.25) is 10.0 Å². The third-order valence-electron chi connectivity index (χ3n) is 4.16. The summed E-state index contributed by atoms with van der Waals surface area (Å²) >= 11 is 0. The van der Waals surface area contributed by atoms with Gasteiger partial charge in [-0.2, -0.15) is 4.31 Å². The van der Waals surface area contributed by atoms with Crippen LogP contribution in [0, 0.1) is 5.82 Å². The highest BCUT2D eigenvalue weighted by molar-refractivity contribution is 7.89. The Morgan fingerprint density at radius 3 is 2.50 bits per heavy atom. The first-order valence-electron chi connectivity index (χ1n) is 7.93. The molecule has 0 aromatic heterocycles.